The van der Waals surface area contributed by atoms with E-state index >= 15 is 0 Å². The molecule has 0 spiro atoms. The minimum absolute atomic E-state index is 0.189. The van der Waals surface area contributed by atoms with Crippen LogP contribution in [0.4, 0.5) is 14.5 Å². The zero-order valence-electron chi connectivity index (χ0n) is 12.9. The Morgan fingerprint density at radius 2 is 1.83 bits per heavy atom. The van der Waals surface area contributed by atoms with E-state index in [-0.39, 0.29) is 17.4 Å². The van der Waals surface area contributed by atoms with Gasteiger partial charge < -0.3 is 0 Å². The fourth-order valence-electron chi connectivity index (χ4n) is 2.23. The number of rotatable bonds is 3. The van der Waals surface area contributed by atoms with E-state index in [4.69, 9.17) is 0 Å². The van der Waals surface area contributed by atoms with Crippen molar-refractivity contribution in [3.63, 3.8) is 0 Å². The number of para-hydroxylation sites is 1. The lowest BCUT2D eigenvalue weighted by Gasteiger charge is -2.12. The second kappa shape index (κ2) is 6.97. The summed E-state index contributed by atoms with van der Waals surface area (Å²) in [6.07, 6.45) is 1.68. The van der Waals surface area contributed by atoms with Crippen LogP contribution in [0.3, 0.4) is 0 Å². The lowest BCUT2D eigenvalue weighted by atomic mass is 10.2. The fraction of sp³-hybridized carbons (Fsp3) is 0.111. The van der Waals surface area contributed by atoms with Crippen molar-refractivity contribution in [2.24, 2.45) is 4.99 Å². The summed E-state index contributed by atoms with van der Waals surface area (Å²) in [4.78, 5) is 18.7. The van der Waals surface area contributed by atoms with E-state index in [9.17, 15) is 13.6 Å². The zero-order chi connectivity index (χ0) is 17.1. The van der Waals surface area contributed by atoms with Gasteiger partial charge in [0, 0.05) is 6.54 Å². The van der Waals surface area contributed by atoms with Gasteiger partial charge in [-0.3, -0.25) is 9.69 Å². The van der Waals surface area contributed by atoms with Crippen LogP contribution in [0.1, 0.15) is 12.5 Å². The van der Waals surface area contributed by atoms with Gasteiger partial charge in [-0.15, -0.1) is 0 Å². The Labute approximate surface area is 142 Å². The van der Waals surface area contributed by atoms with E-state index in [1.54, 1.807) is 36.4 Å². The largest absolute Gasteiger partial charge is 0.287 e. The van der Waals surface area contributed by atoms with Crippen molar-refractivity contribution in [3.05, 3.63) is 70.6 Å². The Kier molecular flexibility index (Phi) is 4.76. The maximum absolute atomic E-state index is 13.8. The number of halogens is 2. The van der Waals surface area contributed by atoms with Gasteiger partial charge in [-0.2, -0.15) is 0 Å². The first-order chi connectivity index (χ1) is 11.6. The van der Waals surface area contributed by atoms with E-state index in [1.807, 2.05) is 6.92 Å². The summed E-state index contributed by atoms with van der Waals surface area (Å²) in [7, 11) is 0. The van der Waals surface area contributed by atoms with E-state index in [0.29, 0.717) is 16.6 Å². The van der Waals surface area contributed by atoms with Crippen molar-refractivity contribution in [2.75, 3.05) is 6.54 Å². The summed E-state index contributed by atoms with van der Waals surface area (Å²) in [5.74, 6) is -0.966. The molecule has 3 nitrogen and oxygen atoms in total. The number of likely N-dealkylation sites (N-methyl/N-ethyl adjacent to an activating group) is 1. The van der Waals surface area contributed by atoms with Crippen LogP contribution in [0.25, 0.3) is 6.08 Å². The van der Waals surface area contributed by atoms with E-state index < -0.39 is 5.82 Å². The summed E-state index contributed by atoms with van der Waals surface area (Å²) in [5.41, 5.74) is 0.907. The van der Waals surface area contributed by atoms with Gasteiger partial charge in [-0.25, -0.2) is 13.8 Å². The van der Waals surface area contributed by atoms with Crippen LogP contribution >= 0.6 is 11.8 Å². The highest BCUT2D eigenvalue weighted by atomic mass is 32.2. The first-order valence-electron chi connectivity index (χ1n) is 7.38. The highest BCUT2D eigenvalue weighted by molar-refractivity contribution is 8.18. The van der Waals surface area contributed by atoms with E-state index in [2.05, 4.69) is 4.99 Å². The molecule has 0 radical (unpaired) electrons. The Bertz CT molecular complexity index is 831. The van der Waals surface area contributed by atoms with Crippen LogP contribution in [-0.4, -0.2) is 22.5 Å². The summed E-state index contributed by atoms with van der Waals surface area (Å²) in [6.45, 7) is 2.26. The average Bonchev–Trinajstić information content (AvgIpc) is 2.87. The van der Waals surface area contributed by atoms with Gasteiger partial charge in [0.25, 0.3) is 5.91 Å². The summed E-state index contributed by atoms with van der Waals surface area (Å²) >= 11 is 1.18. The summed E-state index contributed by atoms with van der Waals surface area (Å²) < 4.78 is 26.8. The minimum Gasteiger partial charge on any atom is -0.287 e. The predicted octanol–water partition coefficient (Wildman–Crippen LogP) is 4.59. The number of thioether (sulfide) groups is 1. The third kappa shape index (κ3) is 3.38. The van der Waals surface area contributed by atoms with Crippen molar-refractivity contribution in [1.29, 1.82) is 0 Å². The number of hydrogen-bond acceptors (Lipinski definition) is 3. The van der Waals surface area contributed by atoms with Gasteiger partial charge in [0.05, 0.1) is 4.91 Å². The summed E-state index contributed by atoms with van der Waals surface area (Å²) in [6, 6.07) is 12.0. The number of aliphatic imine (C=N–C) groups is 1. The molecule has 1 aliphatic heterocycles. The molecule has 1 heterocycles. The molecule has 122 valence electrons. The van der Waals surface area contributed by atoms with E-state index in [1.165, 1.54) is 34.9 Å². The molecule has 0 unspecified atom stereocenters. The molecular weight excluding hydrogens is 330 g/mol. The number of amides is 1. The topological polar surface area (TPSA) is 32.7 Å². The smallest absolute Gasteiger partial charge is 0.266 e. The first-order valence-corrected chi connectivity index (χ1v) is 8.20. The number of amidine groups is 1. The van der Waals surface area contributed by atoms with Gasteiger partial charge >= 0.3 is 0 Å². The quantitative estimate of drug-likeness (QED) is 0.763. The van der Waals surface area contributed by atoms with Crippen molar-refractivity contribution in [2.45, 2.75) is 6.92 Å². The molecule has 0 aromatic heterocycles. The van der Waals surface area contributed by atoms with Crippen LogP contribution in [0.2, 0.25) is 0 Å². The van der Waals surface area contributed by atoms with Crippen molar-refractivity contribution in [1.82, 2.24) is 4.90 Å². The predicted molar refractivity (Wildman–Crippen MR) is 92.9 cm³/mol. The Morgan fingerprint density at radius 1 is 1.12 bits per heavy atom. The molecule has 3 rings (SSSR count). The lowest BCUT2D eigenvalue weighted by Crippen LogP contribution is -2.28. The van der Waals surface area contributed by atoms with Crippen molar-refractivity contribution >= 4 is 34.6 Å². The monoisotopic (exact) mass is 344 g/mol. The molecule has 0 N–H and O–H groups in total. The SMILES string of the molecule is CCN1C(=O)/C(=C\c2ccc(F)cc2)SC1=Nc1ccccc1F. The molecule has 0 aliphatic carbocycles. The Hall–Kier alpha value is -2.47. The van der Waals surface area contributed by atoms with Gasteiger partial charge in [0.15, 0.2) is 5.17 Å². The number of carbonyl (C=O) groups excluding carboxylic acids is 1. The zero-order valence-corrected chi connectivity index (χ0v) is 13.7. The van der Waals surface area contributed by atoms with Crippen LogP contribution in [0.5, 0.6) is 0 Å². The molecule has 2 aromatic carbocycles. The fourth-order valence-corrected chi connectivity index (χ4v) is 3.28. The highest BCUT2D eigenvalue weighted by Crippen LogP contribution is 2.34. The lowest BCUT2D eigenvalue weighted by molar-refractivity contribution is -0.122. The molecule has 2 aromatic rings. The Balaban J connectivity index is 1.94. The third-order valence-corrected chi connectivity index (χ3v) is 4.45. The first kappa shape index (κ1) is 16.4. The van der Waals surface area contributed by atoms with Gasteiger partial charge in [0.1, 0.15) is 17.3 Å². The molecule has 1 saturated heterocycles. The van der Waals surface area contributed by atoms with Crippen molar-refractivity contribution in [3.8, 4) is 0 Å². The molecule has 0 atom stereocenters. The molecule has 6 heteroatoms. The van der Waals surface area contributed by atoms with Gasteiger partial charge in [-0.05, 0) is 54.6 Å². The minimum atomic E-state index is -0.440. The van der Waals surface area contributed by atoms with Crippen LogP contribution in [0, 0.1) is 11.6 Å². The number of carbonyl (C=O) groups is 1. The van der Waals surface area contributed by atoms with Gasteiger partial charge in [-0.1, -0.05) is 24.3 Å². The molecule has 0 saturated carbocycles. The molecule has 1 amide bonds. The molecule has 0 bridgehead atoms. The van der Waals surface area contributed by atoms with E-state index in [0.717, 1.165) is 5.56 Å². The maximum Gasteiger partial charge on any atom is 0.266 e. The molecular formula is C18H14F2N2OS. The molecule has 1 aliphatic rings. The van der Waals surface area contributed by atoms with Crippen LogP contribution in [-0.2, 0) is 4.79 Å². The third-order valence-electron chi connectivity index (χ3n) is 3.44. The van der Waals surface area contributed by atoms with Gasteiger partial charge in [0.2, 0.25) is 0 Å². The standard InChI is InChI=1S/C18H14F2N2OS/c1-2-22-17(23)16(11-12-7-9-13(19)10-8-12)24-18(22)21-15-6-4-3-5-14(15)20/h3-11H,2H2,1H3/b16-11+,21-18?. The number of nitrogens with zero attached hydrogens (tertiary/aromatic N) is 2. The second-order valence-corrected chi connectivity index (χ2v) is 6.07. The second-order valence-electron chi connectivity index (χ2n) is 5.06. The maximum atomic E-state index is 13.8. The summed E-state index contributed by atoms with van der Waals surface area (Å²) in [5, 5.41) is 0.431. The molecule has 1 fully saturated rings. The highest BCUT2D eigenvalue weighted by Gasteiger charge is 2.32. The van der Waals surface area contributed by atoms with Crippen molar-refractivity contribution < 1.29 is 13.6 Å². The Morgan fingerprint density at radius 3 is 2.50 bits per heavy atom. The van der Waals surface area contributed by atoms with Crippen LogP contribution < -0.4 is 0 Å². The normalized spacial score (nSPS) is 18.0. The number of benzene rings is 2. The average molecular weight is 344 g/mol. The molecule has 24 heavy (non-hydrogen) atoms. The number of hydrogen-bond donors (Lipinski definition) is 0. The van der Waals surface area contributed by atoms with Crippen LogP contribution in [0.15, 0.2) is 58.4 Å².